The van der Waals surface area contributed by atoms with Gasteiger partial charge in [0.1, 0.15) is 11.4 Å². The number of carbonyl (C=O) groups excluding carboxylic acids is 1. The highest BCUT2D eigenvalue weighted by Gasteiger charge is 2.30. The summed E-state index contributed by atoms with van der Waals surface area (Å²) in [6.07, 6.45) is 5.40. The summed E-state index contributed by atoms with van der Waals surface area (Å²) in [5, 5.41) is 5.67. The van der Waals surface area contributed by atoms with Gasteiger partial charge in [0.2, 0.25) is 0 Å². The van der Waals surface area contributed by atoms with Crippen molar-refractivity contribution in [2.75, 3.05) is 4.90 Å². The van der Waals surface area contributed by atoms with Crippen molar-refractivity contribution in [3.63, 3.8) is 0 Å². The van der Waals surface area contributed by atoms with Crippen LogP contribution in [0, 0.1) is 5.92 Å². The molecule has 0 atom stereocenters. The van der Waals surface area contributed by atoms with E-state index in [9.17, 15) is 9.59 Å². The quantitative estimate of drug-likeness (QED) is 0.262. The van der Waals surface area contributed by atoms with E-state index in [-0.39, 0.29) is 22.6 Å². The van der Waals surface area contributed by atoms with Crippen molar-refractivity contribution in [1.82, 2.24) is 14.8 Å². The van der Waals surface area contributed by atoms with Crippen LogP contribution in [-0.4, -0.2) is 20.5 Å². The fourth-order valence-corrected chi connectivity index (χ4v) is 4.48. The van der Waals surface area contributed by atoms with Crippen molar-refractivity contribution in [3.05, 3.63) is 99.0 Å². The van der Waals surface area contributed by atoms with Crippen molar-refractivity contribution in [2.45, 2.75) is 26.3 Å². The van der Waals surface area contributed by atoms with Crippen LogP contribution in [0.25, 0.3) is 11.3 Å². The smallest absolute Gasteiger partial charge is 0.291 e. The molecule has 4 aromatic rings. The third-order valence-corrected chi connectivity index (χ3v) is 6.37. The number of ketones is 1. The molecule has 5 rings (SSSR count). The van der Waals surface area contributed by atoms with Crippen LogP contribution >= 0.6 is 23.2 Å². The molecule has 0 amide bonds. The molecule has 176 valence electrons. The maximum atomic E-state index is 14.0. The van der Waals surface area contributed by atoms with Crippen molar-refractivity contribution in [2.24, 2.45) is 5.92 Å². The van der Waals surface area contributed by atoms with E-state index in [0.29, 0.717) is 45.1 Å². The van der Waals surface area contributed by atoms with Crippen LogP contribution in [0.1, 0.15) is 30.1 Å². The van der Waals surface area contributed by atoms with Gasteiger partial charge in [-0.2, -0.15) is 5.10 Å². The largest absolute Gasteiger partial charge is 0.305 e. The fraction of sp³-hybridized carbons (Fsp3) is 0.185. The van der Waals surface area contributed by atoms with E-state index in [4.69, 9.17) is 23.2 Å². The Labute approximate surface area is 212 Å². The van der Waals surface area contributed by atoms with Crippen LogP contribution in [0.4, 0.5) is 17.1 Å². The number of nitrogens with zero attached hydrogens (tertiary/aromatic N) is 4. The molecule has 1 fully saturated rings. The predicted octanol–water partition coefficient (Wildman–Crippen LogP) is 6.69. The first-order valence-corrected chi connectivity index (χ1v) is 12.1. The van der Waals surface area contributed by atoms with Crippen LogP contribution in [0.3, 0.4) is 0 Å². The standard InChI is InChI=1S/C27H22Cl2N4O2/c1-17(34)24-25(19-5-4-12-30-15-19)31-32(16-18-10-11-18)27(35)26(24)33(22-8-2-6-20(28)13-22)23-9-3-7-21(29)14-23/h2-9,12-15,18H,10-11,16H2,1H3. The maximum absolute atomic E-state index is 14.0. The highest BCUT2D eigenvalue weighted by atomic mass is 35.5. The first kappa shape index (κ1) is 23.3. The lowest BCUT2D eigenvalue weighted by Gasteiger charge is -2.28. The molecule has 0 unspecified atom stereocenters. The van der Waals surface area contributed by atoms with Crippen LogP contribution in [-0.2, 0) is 6.54 Å². The van der Waals surface area contributed by atoms with E-state index in [1.54, 1.807) is 59.8 Å². The number of anilines is 3. The van der Waals surface area contributed by atoms with Crippen molar-refractivity contribution in [1.29, 1.82) is 0 Å². The van der Waals surface area contributed by atoms with Gasteiger partial charge in [0, 0.05) is 45.9 Å². The molecule has 0 bridgehead atoms. The van der Waals surface area contributed by atoms with Crippen LogP contribution in [0.5, 0.6) is 0 Å². The summed E-state index contributed by atoms with van der Waals surface area (Å²) < 4.78 is 1.48. The zero-order chi connectivity index (χ0) is 24.5. The van der Waals surface area contributed by atoms with E-state index in [2.05, 4.69) is 10.1 Å². The van der Waals surface area contributed by atoms with Gasteiger partial charge in [0.05, 0.1) is 5.56 Å². The molecule has 0 N–H and O–H groups in total. The van der Waals surface area contributed by atoms with Gasteiger partial charge in [0.25, 0.3) is 5.56 Å². The Kier molecular flexibility index (Phi) is 6.41. The van der Waals surface area contributed by atoms with Gasteiger partial charge in [-0.15, -0.1) is 0 Å². The molecular formula is C27H22Cl2N4O2. The summed E-state index contributed by atoms with van der Waals surface area (Å²) in [5.74, 6) is 0.111. The third kappa shape index (κ3) is 4.85. The van der Waals surface area contributed by atoms with Gasteiger partial charge in [-0.1, -0.05) is 35.3 Å². The van der Waals surface area contributed by atoms with Gasteiger partial charge in [-0.05, 0) is 74.2 Å². The van der Waals surface area contributed by atoms with Gasteiger partial charge in [0.15, 0.2) is 5.78 Å². The highest BCUT2D eigenvalue weighted by molar-refractivity contribution is 6.31. The minimum atomic E-state index is -0.352. The number of pyridine rings is 1. The molecule has 0 saturated heterocycles. The molecule has 2 aromatic heterocycles. The number of carbonyl (C=O) groups is 1. The SMILES string of the molecule is CC(=O)c1c(-c2cccnc2)nn(CC2CC2)c(=O)c1N(c1cccc(Cl)c1)c1cccc(Cl)c1. The van der Waals surface area contributed by atoms with E-state index >= 15 is 0 Å². The molecule has 8 heteroatoms. The Hall–Kier alpha value is -3.48. The van der Waals surface area contributed by atoms with Gasteiger partial charge < -0.3 is 4.90 Å². The molecule has 2 heterocycles. The molecule has 0 spiro atoms. The Morgan fingerprint density at radius 3 is 2.20 bits per heavy atom. The zero-order valence-electron chi connectivity index (χ0n) is 19.0. The minimum Gasteiger partial charge on any atom is -0.305 e. The number of aromatic nitrogens is 3. The summed E-state index contributed by atoms with van der Waals surface area (Å²) in [5.41, 5.74) is 2.39. The van der Waals surface area contributed by atoms with Crippen LogP contribution in [0.15, 0.2) is 77.9 Å². The van der Waals surface area contributed by atoms with Crippen LogP contribution in [0.2, 0.25) is 10.0 Å². The van der Waals surface area contributed by atoms with Crippen molar-refractivity contribution >= 4 is 46.0 Å². The predicted molar refractivity (Wildman–Crippen MR) is 139 cm³/mol. The Bertz CT molecular complexity index is 1420. The second-order valence-corrected chi connectivity index (χ2v) is 9.47. The highest BCUT2D eigenvalue weighted by Crippen LogP contribution is 2.39. The maximum Gasteiger partial charge on any atom is 0.291 e. The summed E-state index contributed by atoms with van der Waals surface area (Å²) >= 11 is 12.7. The topological polar surface area (TPSA) is 68.1 Å². The molecule has 0 radical (unpaired) electrons. The second kappa shape index (κ2) is 9.64. The number of rotatable bonds is 7. The Balaban J connectivity index is 1.87. The number of hydrogen-bond donors (Lipinski definition) is 0. The molecule has 1 saturated carbocycles. The number of Topliss-reactive ketones (excluding diaryl/α,β-unsaturated/α-hetero) is 1. The molecule has 6 nitrogen and oxygen atoms in total. The molecule has 1 aliphatic rings. The van der Waals surface area contributed by atoms with E-state index in [1.807, 2.05) is 18.2 Å². The number of benzene rings is 2. The summed E-state index contributed by atoms with van der Waals surface area (Å²) in [6.45, 7) is 1.93. The van der Waals surface area contributed by atoms with E-state index in [0.717, 1.165) is 12.8 Å². The fourth-order valence-electron chi connectivity index (χ4n) is 4.11. The lowest BCUT2D eigenvalue weighted by atomic mass is 10.0. The molecule has 0 aliphatic heterocycles. The molecule has 1 aliphatic carbocycles. The molecule has 2 aromatic carbocycles. The zero-order valence-corrected chi connectivity index (χ0v) is 20.5. The third-order valence-electron chi connectivity index (χ3n) is 5.90. The second-order valence-electron chi connectivity index (χ2n) is 8.60. The average Bonchev–Trinajstić information content (AvgIpc) is 3.66. The molecular weight excluding hydrogens is 483 g/mol. The Morgan fingerprint density at radius 1 is 1.03 bits per heavy atom. The van der Waals surface area contributed by atoms with Gasteiger partial charge in [-0.25, -0.2) is 4.68 Å². The van der Waals surface area contributed by atoms with Crippen molar-refractivity contribution in [3.8, 4) is 11.3 Å². The lowest BCUT2D eigenvalue weighted by Crippen LogP contribution is -2.32. The van der Waals surface area contributed by atoms with Crippen LogP contribution < -0.4 is 10.5 Å². The monoisotopic (exact) mass is 504 g/mol. The number of hydrogen-bond acceptors (Lipinski definition) is 5. The first-order valence-electron chi connectivity index (χ1n) is 11.3. The van der Waals surface area contributed by atoms with E-state index in [1.165, 1.54) is 11.6 Å². The average molecular weight is 505 g/mol. The Morgan fingerprint density at radius 2 is 1.69 bits per heavy atom. The summed E-state index contributed by atoms with van der Waals surface area (Å²) in [7, 11) is 0. The van der Waals surface area contributed by atoms with E-state index < -0.39 is 0 Å². The van der Waals surface area contributed by atoms with Gasteiger partial charge >= 0.3 is 0 Å². The van der Waals surface area contributed by atoms with Gasteiger partial charge in [-0.3, -0.25) is 14.6 Å². The normalized spacial score (nSPS) is 13.0. The summed E-state index contributed by atoms with van der Waals surface area (Å²) in [4.78, 5) is 33.1. The molecule has 35 heavy (non-hydrogen) atoms. The summed E-state index contributed by atoms with van der Waals surface area (Å²) in [6, 6.07) is 17.9. The minimum absolute atomic E-state index is 0.205. The number of halogens is 2. The van der Waals surface area contributed by atoms with Crippen molar-refractivity contribution < 1.29 is 4.79 Å². The lowest BCUT2D eigenvalue weighted by molar-refractivity contribution is 0.101. The first-order chi connectivity index (χ1) is 16.9.